The molecule has 0 aliphatic carbocycles. The number of unbranched alkanes of at least 4 members (excludes halogenated alkanes) is 9. The van der Waals surface area contributed by atoms with Crippen LogP contribution in [0.15, 0.2) is 11.6 Å². The fraction of sp³-hybridized carbons (Fsp3) is 0.824. The van der Waals surface area contributed by atoms with Crippen LogP contribution in [-0.4, -0.2) is 33.3 Å². The molecule has 0 radical (unpaired) electrons. The third kappa shape index (κ3) is 10.1. The number of aliphatic hydroxyl groups is 1. The first kappa shape index (κ1) is 22.3. The molecule has 7 nitrogen and oxygen atoms in total. The average molecular weight is 378 g/mol. The van der Waals surface area contributed by atoms with Crippen LogP contribution in [0.2, 0.25) is 0 Å². The first-order chi connectivity index (χ1) is 11.8. The summed E-state index contributed by atoms with van der Waals surface area (Å²) in [7, 11) is -4.72. The van der Waals surface area contributed by atoms with Gasteiger partial charge in [0.25, 0.3) is 0 Å². The molecule has 0 fully saturated rings. The van der Waals surface area contributed by atoms with Crippen LogP contribution in [0.25, 0.3) is 0 Å². The van der Waals surface area contributed by atoms with E-state index in [1.807, 2.05) is 0 Å². The normalized spacial score (nSPS) is 19.0. The zero-order valence-corrected chi connectivity index (χ0v) is 15.8. The average Bonchev–Trinajstić information content (AvgIpc) is 2.85. The van der Waals surface area contributed by atoms with E-state index in [4.69, 9.17) is 14.3 Å². The Kier molecular flexibility index (Phi) is 10.5. The summed E-state index contributed by atoms with van der Waals surface area (Å²) < 4.78 is 20.4. The first-order valence-corrected chi connectivity index (χ1v) is 10.7. The number of carbonyl (C=O) groups is 1. The van der Waals surface area contributed by atoms with Crippen LogP contribution < -0.4 is 0 Å². The standard InChI is InChI=1S/C17H31O7P/c1-2-3-4-5-6-7-8-9-10-11-12-15(24-25(20,21)22)14-13-16(18)23-17(14)19/h13,15,17,19H,2-12H2,1H3,(H2,20,21,22). The monoisotopic (exact) mass is 378 g/mol. The highest BCUT2D eigenvalue weighted by Gasteiger charge is 2.34. The lowest BCUT2D eigenvalue weighted by Gasteiger charge is -2.20. The number of hydrogen-bond acceptors (Lipinski definition) is 5. The number of ether oxygens (including phenoxy) is 1. The zero-order chi connectivity index (χ0) is 18.7. The Bertz CT molecular complexity index is 472. The molecular formula is C17H31O7P. The maximum Gasteiger partial charge on any atom is 0.470 e. The Morgan fingerprint density at radius 2 is 1.60 bits per heavy atom. The number of carbonyl (C=O) groups excluding carboxylic acids is 1. The SMILES string of the molecule is CCCCCCCCCCCCC(OP(=O)(O)O)C1=CC(=O)OC1O. The van der Waals surface area contributed by atoms with E-state index in [2.05, 4.69) is 11.7 Å². The molecule has 0 aromatic rings. The predicted octanol–water partition coefficient (Wildman–Crippen LogP) is 3.58. The minimum Gasteiger partial charge on any atom is -0.429 e. The highest BCUT2D eigenvalue weighted by atomic mass is 31.2. The molecule has 0 spiro atoms. The highest BCUT2D eigenvalue weighted by molar-refractivity contribution is 7.46. The number of cyclic esters (lactones) is 1. The Morgan fingerprint density at radius 1 is 1.08 bits per heavy atom. The van der Waals surface area contributed by atoms with Crippen molar-refractivity contribution in [2.45, 2.75) is 89.9 Å². The summed E-state index contributed by atoms with van der Waals surface area (Å²) in [5.41, 5.74) is 0.0734. The lowest BCUT2D eigenvalue weighted by atomic mass is 10.0. The van der Waals surface area contributed by atoms with Gasteiger partial charge in [0.05, 0.1) is 6.10 Å². The molecule has 1 aliphatic heterocycles. The summed E-state index contributed by atoms with van der Waals surface area (Å²) in [6.45, 7) is 2.20. The van der Waals surface area contributed by atoms with Crippen LogP contribution in [0, 0.1) is 0 Å². The molecule has 2 atom stereocenters. The second-order valence-corrected chi connectivity index (χ2v) is 7.68. The Labute approximate surface area is 149 Å². The smallest absolute Gasteiger partial charge is 0.429 e. The molecule has 0 bridgehead atoms. The zero-order valence-electron chi connectivity index (χ0n) is 14.9. The van der Waals surface area contributed by atoms with Gasteiger partial charge in [-0.1, -0.05) is 71.1 Å². The van der Waals surface area contributed by atoms with Crippen LogP contribution in [0.4, 0.5) is 0 Å². The topological polar surface area (TPSA) is 113 Å². The third-order valence-corrected chi connectivity index (χ3v) is 4.78. The molecule has 3 N–H and O–H groups in total. The number of phosphoric ester groups is 1. The molecule has 0 saturated heterocycles. The van der Waals surface area contributed by atoms with E-state index in [1.165, 1.54) is 38.5 Å². The van der Waals surface area contributed by atoms with E-state index in [1.54, 1.807) is 0 Å². The largest absolute Gasteiger partial charge is 0.470 e. The van der Waals surface area contributed by atoms with Crippen molar-refractivity contribution >= 4 is 13.8 Å². The van der Waals surface area contributed by atoms with Crippen molar-refractivity contribution in [3.63, 3.8) is 0 Å². The van der Waals surface area contributed by atoms with E-state index >= 15 is 0 Å². The fourth-order valence-electron chi connectivity index (χ4n) is 2.93. The number of hydrogen-bond donors (Lipinski definition) is 3. The summed E-state index contributed by atoms with van der Waals surface area (Å²) in [6.07, 6.45) is 10.2. The van der Waals surface area contributed by atoms with Crippen molar-refractivity contribution in [1.29, 1.82) is 0 Å². The van der Waals surface area contributed by atoms with E-state index < -0.39 is 26.2 Å². The van der Waals surface area contributed by atoms with Gasteiger partial charge in [-0.2, -0.15) is 0 Å². The lowest BCUT2D eigenvalue weighted by Crippen LogP contribution is -2.23. The molecule has 0 amide bonds. The van der Waals surface area contributed by atoms with Crippen LogP contribution >= 0.6 is 7.82 Å². The van der Waals surface area contributed by atoms with Gasteiger partial charge in [-0.05, 0) is 6.42 Å². The summed E-state index contributed by atoms with van der Waals surface area (Å²) in [5, 5.41) is 9.64. The van der Waals surface area contributed by atoms with E-state index in [9.17, 15) is 14.5 Å². The minimum atomic E-state index is -4.72. The number of esters is 1. The van der Waals surface area contributed by atoms with Gasteiger partial charge in [-0.3, -0.25) is 4.52 Å². The lowest BCUT2D eigenvalue weighted by molar-refractivity contribution is -0.151. The quantitative estimate of drug-likeness (QED) is 0.240. The van der Waals surface area contributed by atoms with Crippen LogP contribution in [0.1, 0.15) is 77.6 Å². The van der Waals surface area contributed by atoms with E-state index in [0.29, 0.717) is 12.8 Å². The molecule has 0 aromatic heterocycles. The van der Waals surface area contributed by atoms with Crippen molar-refractivity contribution in [3.05, 3.63) is 11.6 Å². The minimum absolute atomic E-state index is 0.0734. The Balaban J connectivity index is 2.26. The second-order valence-electron chi connectivity index (χ2n) is 6.49. The maximum absolute atomic E-state index is 11.2. The Morgan fingerprint density at radius 3 is 2.04 bits per heavy atom. The van der Waals surface area contributed by atoms with Crippen LogP contribution in [-0.2, 0) is 18.6 Å². The Hall–Kier alpha value is -0.720. The first-order valence-electron chi connectivity index (χ1n) is 9.17. The molecule has 8 heteroatoms. The molecule has 25 heavy (non-hydrogen) atoms. The van der Waals surface area contributed by atoms with Gasteiger partial charge < -0.3 is 19.6 Å². The molecule has 0 saturated carbocycles. The summed E-state index contributed by atoms with van der Waals surface area (Å²) in [6, 6.07) is 0. The van der Waals surface area contributed by atoms with Crippen molar-refractivity contribution in [3.8, 4) is 0 Å². The van der Waals surface area contributed by atoms with Gasteiger partial charge in [0.15, 0.2) is 0 Å². The molecule has 1 heterocycles. The van der Waals surface area contributed by atoms with Crippen molar-refractivity contribution < 1.29 is 33.5 Å². The van der Waals surface area contributed by atoms with Crippen LogP contribution in [0.3, 0.4) is 0 Å². The summed E-state index contributed by atoms with van der Waals surface area (Å²) in [4.78, 5) is 29.2. The van der Waals surface area contributed by atoms with Gasteiger partial charge in [-0.15, -0.1) is 0 Å². The van der Waals surface area contributed by atoms with Gasteiger partial charge in [0.2, 0.25) is 6.29 Å². The van der Waals surface area contributed by atoms with Crippen molar-refractivity contribution in [2.24, 2.45) is 0 Å². The fourth-order valence-corrected chi connectivity index (χ4v) is 3.49. The highest BCUT2D eigenvalue weighted by Crippen LogP contribution is 2.41. The van der Waals surface area contributed by atoms with Crippen molar-refractivity contribution in [2.75, 3.05) is 0 Å². The molecule has 146 valence electrons. The van der Waals surface area contributed by atoms with Crippen LogP contribution in [0.5, 0.6) is 0 Å². The van der Waals surface area contributed by atoms with E-state index in [0.717, 1.165) is 25.3 Å². The predicted molar refractivity (Wildman–Crippen MR) is 93.6 cm³/mol. The van der Waals surface area contributed by atoms with Gasteiger partial charge in [0.1, 0.15) is 0 Å². The maximum atomic E-state index is 11.2. The van der Waals surface area contributed by atoms with Crippen molar-refractivity contribution in [1.82, 2.24) is 0 Å². The third-order valence-electron chi connectivity index (χ3n) is 4.25. The number of phosphoric acid groups is 1. The summed E-state index contributed by atoms with van der Waals surface area (Å²) >= 11 is 0. The van der Waals surface area contributed by atoms with Gasteiger partial charge >= 0.3 is 13.8 Å². The second kappa shape index (κ2) is 11.8. The van der Waals surface area contributed by atoms with E-state index in [-0.39, 0.29) is 5.57 Å². The van der Waals surface area contributed by atoms with Gasteiger partial charge in [0, 0.05) is 11.6 Å². The van der Waals surface area contributed by atoms with Gasteiger partial charge in [-0.25, -0.2) is 9.36 Å². The molecule has 1 aliphatic rings. The summed E-state index contributed by atoms with van der Waals surface area (Å²) in [5.74, 6) is -0.732. The molecule has 1 rings (SSSR count). The number of rotatable bonds is 14. The molecular weight excluding hydrogens is 347 g/mol. The molecule has 2 unspecified atom stereocenters. The number of aliphatic hydroxyl groups excluding tert-OH is 1. The molecule has 0 aromatic carbocycles.